The zero-order valence-electron chi connectivity index (χ0n) is 9.28. The van der Waals surface area contributed by atoms with Crippen LogP contribution in [0.15, 0.2) is 0 Å². The lowest BCUT2D eigenvalue weighted by Gasteiger charge is -2.22. The minimum Gasteiger partial charge on any atom is -0.372 e. The van der Waals surface area contributed by atoms with Gasteiger partial charge in [0.05, 0.1) is 18.3 Å². The summed E-state index contributed by atoms with van der Waals surface area (Å²) in [7, 11) is -0.270. The van der Waals surface area contributed by atoms with E-state index in [0.717, 1.165) is 6.42 Å². The van der Waals surface area contributed by atoms with E-state index in [4.69, 9.17) is 9.26 Å². The van der Waals surface area contributed by atoms with Crippen molar-refractivity contribution in [2.24, 2.45) is 5.92 Å². The van der Waals surface area contributed by atoms with E-state index in [-0.39, 0.29) is 8.15 Å². The summed E-state index contributed by atoms with van der Waals surface area (Å²) in [6.07, 6.45) is 2.05. The fourth-order valence-electron chi connectivity index (χ4n) is 1.82. The Balaban J connectivity index is 2.57. The van der Waals surface area contributed by atoms with E-state index in [9.17, 15) is 0 Å². The van der Waals surface area contributed by atoms with E-state index in [1.165, 1.54) is 0 Å². The Morgan fingerprint density at radius 3 is 2.38 bits per heavy atom. The quantitative estimate of drug-likeness (QED) is 0.658. The molecule has 3 heteroatoms. The molecule has 0 spiro atoms. The third-order valence-corrected chi connectivity index (χ3v) is 3.41. The normalized spacial score (nSPS) is 40.2. The minimum absolute atomic E-state index is 0.270. The number of ether oxygens (including phenoxy) is 1. The van der Waals surface area contributed by atoms with Crippen molar-refractivity contribution < 1.29 is 9.26 Å². The van der Waals surface area contributed by atoms with Crippen LogP contribution < -0.4 is 0 Å². The highest BCUT2D eigenvalue weighted by Crippen LogP contribution is 2.39. The van der Waals surface area contributed by atoms with Gasteiger partial charge in [0.15, 0.2) is 0 Å². The maximum Gasteiger partial charge on any atom is 0.0929 e. The molecule has 4 atom stereocenters. The monoisotopic (exact) mass is 204 g/mol. The standard InChI is InChI=1S/C10H21O2P/c1-6-9-10(12-13(4)5)7(2)8(3)11-9/h7-10H,6H2,1-5H3/t7-,8+,9-,10?/m1/s1. The predicted octanol–water partition coefficient (Wildman–Crippen LogP) is 2.86. The average Bonchev–Trinajstić information content (AvgIpc) is 2.31. The number of hydrogen-bond acceptors (Lipinski definition) is 2. The first-order valence-electron chi connectivity index (χ1n) is 5.05. The molecule has 0 aromatic rings. The molecule has 1 unspecified atom stereocenters. The molecule has 0 aromatic heterocycles. The Bertz CT molecular complexity index is 161. The van der Waals surface area contributed by atoms with E-state index in [1.807, 2.05) is 0 Å². The van der Waals surface area contributed by atoms with Crippen LogP contribution >= 0.6 is 8.15 Å². The van der Waals surface area contributed by atoms with Gasteiger partial charge in [-0.1, -0.05) is 13.8 Å². The molecular weight excluding hydrogens is 183 g/mol. The molecule has 1 aliphatic rings. The van der Waals surface area contributed by atoms with E-state index in [1.54, 1.807) is 0 Å². The summed E-state index contributed by atoms with van der Waals surface area (Å²) < 4.78 is 11.8. The summed E-state index contributed by atoms with van der Waals surface area (Å²) in [5.74, 6) is 0.537. The first kappa shape index (κ1) is 11.4. The molecule has 0 aromatic carbocycles. The summed E-state index contributed by atoms with van der Waals surface area (Å²) in [5.41, 5.74) is 0. The van der Waals surface area contributed by atoms with Crippen molar-refractivity contribution in [3.63, 3.8) is 0 Å². The highest BCUT2D eigenvalue weighted by atomic mass is 31.1. The Morgan fingerprint density at radius 2 is 1.92 bits per heavy atom. The Hall–Kier alpha value is 0.350. The molecule has 1 aliphatic heterocycles. The van der Waals surface area contributed by atoms with Gasteiger partial charge in [-0.25, -0.2) is 0 Å². The zero-order valence-corrected chi connectivity index (χ0v) is 10.2. The summed E-state index contributed by atoms with van der Waals surface area (Å²) in [6, 6.07) is 0. The molecule has 1 saturated heterocycles. The Kier molecular flexibility index (Phi) is 4.15. The molecule has 1 rings (SSSR count). The van der Waals surface area contributed by atoms with Crippen molar-refractivity contribution in [3.8, 4) is 0 Å². The van der Waals surface area contributed by atoms with E-state index in [0.29, 0.717) is 24.2 Å². The van der Waals surface area contributed by atoms with Crippen LogP contribution in [0.3, 0.4) is 0 Å². The Morgan fingerprint density at radius 1 is 1.31 bits per heavy atom. The second-order valence-corrected chi connectivity index (χ2v) is 5.86. The van der Waals surface area contributed by atoms with Gasteiger partial charge in [-0.05, 0) is 26.7 Å². The molecule has 1 heterocycles. The van der Waals surface area contributed by atoms with Gasteiger partial charge in [0.2, 0.25) is 0 Å². The molecule has 0 bridgehead atoms. The molecule has 1 fully saturated rings. The summed E-state index contributed by atoms with van der Waals surface area (Å²) in [4.78, 5) is 0. The molecule has 0 N–H and O–H groups in total. The van der Waals surface area contributed by atoms with Crippen LogP contribution in [-0.4, -0.2) is 31.6 Å². The van der Waals surface area contributed by atoms with Crippen molar-refractivity contribution in [2.45, 2.75) is 45.5 Å². The predicted molar refractivity (Wildman–Crippen MR) is 57.4 cm³/mol. The topological polar surface area (TPSA) is 18.5 Å². The SMILES string of the molecule is CC[C@H]1O[C@@H](C)[C@@H](C)C1OP(C)C. The van der Waals surface area contributed by atoms with Crippen molar-refractivity contribution in [2.75, 3.05) is 13.3 Å². The van der Waals surface area contributed by atoms with Gasteiger partial charge in [-0.3, -0.25) is 0 Å². The van der Waals surface area contributed by atoms with Crippen molar-refractivity contribution in [1.82, 2.24) is 0 Å². The van der Waals surface area contributed by atoms with Crippen molar-refractivity contribution in [3.05, 3.63) is 0 Å². The lowest BCUT2D eigenvalue weighted by atomic mass is 9.98. The van der Waals surface area contributed by atoms with Crippen LogP contribution in [0.2, 0.25) is 0 Å². The Labute approximate surface area is 82.8 Å². The molecule has 0 radical (unpaired) electrons. The maximum atomic E-state index is 5.94. The lowest BCUT2D eigenvalue weighted by molar-refractivity contribution is 0.0241. The van der Waals surface area contributed by atoms with Crippen LogP contribution in [0.25, 0.3) is 0 Å². The van der Waals surface area contributed by atoms with Crippen LogP contribution in [0, 0.1) is 5.92 Å². The third kappa shape index (κ3) is 2.65. The fraction of sp³-hybridized carbons (Fsp3) is 1.00. The summed E-state index contributed by atoms with van der Waals surface area (Å²) >= 11 is 0. The average molecular weight is 204 g/mol. The first-order valence-corrected chi connectivity index (χ1v) is 7.21. The van der Waals surface area contributed by atoms with Crippen molar-refractivity contribution >= 4 is 8.15 Å². The molecule has 0 aliphatic carbocycles. The van der Waals surface area contributed by atoms with Gasteiger partial charge in [0.25, 0.3) is 0 Å². The first-order chi connectivity index (χ1) is 6.06. The van der Waals surface area contributed by atoms with E-state index >= 15 is 0 Å². The van der Waals surface area contributed by atoms with Crippen LogP contribution in [-0.2, 0) is 9.26 Å². The van der Waals surface area contributed by atoms with Gasteiger partial charge in [-0.15, -0.1) is 0 Å². The van der Waals surface area contributed by atoms with Gasteiger partial charge in [0, 0.05) is 14.1 Å². The number of hydrogen-bond donors (Lipinski definition) is 0. The fourth-order valence-corrected chi connectivity index (χ4v) is 2.63. The second-order valence-electron chi connectivity index (χ2n) is 4.03. The zero-order chi connectivity index (χ0) is 10.0. The van der Waals surface area contributed by atoms with Crippen LogP contribution in [0.1, 0.15) is 27.2 Å². The van der Waals surface area contributed by atoms with Crippen LogP contribution in [0.4, 0.5) is 0 Å². The maximum absolute atomic E-state index is 5.94. The largest absolute Gasteiger partial charge is 0.372 e. The molecule has 0 saturated carbocycles. The third-order valence-electron chi connectivity index (χ3n) is 2.75. The number of rotatable bonds is 3. The molecule has 0 amide bonds. The molecule has 78 valence electrons. The lowest BCUT2D eigenvalue weighted by Crippen LogP contribution is -2.26. The van der Waals surface area contributed by atoms with E-state index in [2.05, 4.69) is 34.1 Å². The summed E-state index contributed by atoms with van der Waals surface area (Å²) in [6.45, 7) is 10.8. The molecular formula is C10H21O2P. The smallest absolute Gasteiger partial charge is 0.0929 e. The van der Waals surface area contributed by atoms with Crippen molar-refractivity contribution in [1.29, 1.82) is 0 Å². The minimum atomic E-state index is -0.270. The molecule has 2 nitrogen and oxygen atoms in total. The highest BCUT2D eigenvalue weighted by molar-refractivity contribution is 7.50. The highest BCUT2D eigenvalue weighted by Gasteiger charge is 2.39. The van der Waals surface area contributed by atoms with Gasteiger partial charge in [0.1, 0.15) is 0 Å². The van der Waals surface area contributed by atoms with Gasteiger partial charge < -0.3 is 9.26 Å². The second kappa shape index (κ2) is 4.72. The van der Waals surface area contributed by atoms with Gasteiger partial charge in [-0.2, -0.15) is 0 Å². The molecule has 13 heavy (non-hydrogen) atoms. The van der Waals surface area contributed by atoms with E-state index < -0.39 is 0 Å². The summed E-state index contributed by atoms with van der Waals surface area (Å²) in [5, 5.41) is 0. The van der Waals surface area contributed by atoms with Crippen LogP contribution in [0.5, 0.6) is 0 Å². The van der Waals surface area contributed by atoms with Gasteiger partial charge >= 0.3 is 0 Å².